The Balaban J connectivity index is 2.22. The lowest BCUT2D eigenvalue weighted by Crippen LogP contribution is -2.34. The molecule has 2 heteroatoms. The molecular weight excluding hydrogens is 184 g/mol. The first-order valence-electron chi connectivity index (χ1n) is 6.11. The first-order chi connectivity index (χ1) is 7.17. The van der Waals surface area contributed by atoms with Crippen LogP contribution in [0, 0.1) is 18.3 Å². The molecule has 0 bridgehead atoms. The maximum atomic E-state index is 5.42. The Hall–Kier alpha value is -0.520. The van der Waals surface area contributed by atoms with Gasteiger partial charge in [-0.15, -0.1) is 6.42 Å². The van der Waals surface area contributed by atoms with Crippen molar-refractivity contribution in [2.24, 2.45) is 5.92 Å². The minimum absolute atomic E-state index is 0.262. The molecule has 1 aliphatic heterocycles. The topological polar surface area (TPSA) is 15.3 Å². The van der Waals surface area contributed by atoms with Crippen LogP contribution in [0.3, 0.4) is 0 Å². The molecule has 86 valence electrons. The zero-order valence-corrected chi connectivity index (χ0v) is 10.3. The minimum atomic E-state index is 0.262. The first kappa shape index (κ1) is 12.5. The minimum Gasteiger partial charge on any atom is -0.303 e. The van der Waals surface area contributed by atoms with E-state index in [1.807, 2.05) is 0 Å². The standard InChI is InChI=1S/C13H24N2/c1-5-13(6-2)14-9-12-7-8-15(10-12)11(3)4/h1,11-14H,6-10H2,2-4H3. The van der Waals surface area contributed by atoms with E-state index in [-0.39, 0.29) is 6.04 Å². The predicted octanol–water partition coefficient (Wildman–Crippen LogP) is 1.72. The average molecular weight is 208 g/mol. The van der Waals surface area contributed by atoms with Gasteiger partial charge in [-0.25, -0.2) is 0 Å². The molecular formula is C13H24N2. The number of nitrogens with one attached hydrogen (secondary N) is 1. The van der Waals surface area contributed by atoms with Crippen LogP contribution in [0.1, 0.15) is 33.6 Å². The molecule has 0 aliphatic carbocycles. The maximum Gasteiger partial charge on any atom is 0.0684 e. The molecule has 0 amide bonds. The number of rotatable bonds is 5. The smallest absolute Gasteiger partial charge is 0.0684 e. The van der Waals surface area contributed by atoms with E-state index in [0.29, 0.717) is 6.04 Å². The van der Waals surface area contributed by atoms with E-state index in [1.165, 1.54) is 19.5 Å². The molecule has 1 fully saturated rings. The van der Waals surface area contributed by atoms with Gasteiger partial charge in [-0.05, 0) is 39.2 Å². The van der Waals surface area contributed by atoms with Crippen LogP contribution in [0.15, 0.2) is 0 Å². The van der Waals surface area contributed by atoms with Crippen molar-refractivity contribution in [2.45, 2.75) is 45.7 Å². The molecule has 2 unspecified atom stereocenters. The van der Waals surface area contributed by atoms with Gasteiger partial charge < -0.3 is 10.2 Å². The number of nitrogens with zero attached hydrogens (tertiary/aromatic N) is 1. The average Bonchev–Trinajstić information content (AvgIpc) is 2.68. The highest BCUT2D eigenvalue weighted by molar-refractivity contribution is 4.98. The van der Waals surface area contributed by atoms with Crippen molar-refractivity contribution < 1.29 is 0 Å². The number of likely N-dealkylation sites (tertiary alicyclic amines) is 1. The molecule has 1 saturated heterocycles. The molecule has 0 saturated carbocycles. The van der Waals surface area contributed by atoms with E-state index in [2.05, 4.69) is 36.9 Å². The van der Waals surface area contributed by atoms with Crippen LogP contribution in [0.4, 0.5) is 0 Å². The molecule has 1 rings (SSSR count). The lowest BCUT2D eigenvalue weighted by Gasteiger charge is -2.20. The molecule has 0 aromatic carbocycles. The zero-order chi connectivity index (χ0) is 11.3. The van der Waals surface area contributed by atoms with Gasteiger partial charge in [-0.2, -0.15) is 0 Å². The van der Waals surface area contributed by atoms with Crippen LogP contribution < -0.4 is 5.32 Å². The fourth-order valence-corrected chi connectivity index (χ4v) is 2.13. The van der Waals surface area contributed by atoms with Crippen molar-refractivity contribution in [3.8, 4) is 12.3 Å². The second-order valence-electron chi connectivity index (χ2n) is 4.78. The molecule has 1 aliphatic rings. The van der Waals surface area contributed by atoms with E-state index >= 15 is 0 Å². The fourth-order valence-electron chi connectivity index (χ4n) is 2.13. The molecule has 0 aromatic rings. The molecule has 2 nitrogen and oxygen atoms in total. The second-order valence-corrected chi connectivity index (χ2v) is 4.78. The van der Waals surface area contributed by atoms with E-state index in [0.717, 1.165) is 18.9 Å². The van der Waals surface area contributed by atoms with Crippen molar-refractivity contribution in [2.75, 3.05) is 19.6 Å². The third kappa shape index (κ3) is 3.85. The lowest BCUT2D eigenvalue weighted by molar-refractivity contribution is 0.263. The van der Waals surface area contributed by atoms with Crippen LogP contribution in [0.2, 0.25) is 0 Å². The Morgan fingerprint density at radius 3 is 2.73 bits per heavy atom. The van der Waals surface area contributed by atoms with Crippen molar-refractivity contribution in [3.05, 3.63) is 0 Å². The highest BCUT2D eigenvalue weighted by Gasteiger charge is 2.23. The molecule has 1 N–H and O–H groups in total. The number of hydrogen-bond donors (Lipinski definition) is 1. The van der Waals surface area contributed by atoms with Gasteiger partial charge in [-0.1, -0.05) is 12.8 Å². The summed E-state index contributed by atoms with van der Waals surface area (Å²) in [7, 11) is 0. The third-order valence-electron chi connectivity index (χ3n) is 3.31. The van der Waals surface area contributed by atoms with Crippen molar-refractivity contribution in [3.63, 3.8) is 0 Å². The summed E-state index contributed by atoms with van der Waals surface area (Å²) in [5.74, 6) is 3.57. The summed E-state index contributed by atoms with van der Waals surface area (Å²) in [5, 5.41) is 3.46. The number of hydrogen-bond acceptors (Lipinski definition) is 2. The van der Waals surface area contributed by atoms with Crippen LogP contribution >= 0.6 is 0 Å². The largest absolute Gasteiger partial charge is 0.303 e. The van der Waals surface area contributed by atoms with E-state index in [9.17, 15) is 0 Å². The second kappa shape index (κ2) is 6.15. The van der Waals surface area contributed by atoms with Crippen molar-refractivity contribution in [1.29, 1.82) is 0 Å². The summed E-state index contributed by atoms with van der Waals surface area (Å²) >= 11 is 0. The van der Waals surface area contributed by atoms with Crippen LogP contribution in [-0.2, 0) is 0 Å². The third-order valence-corrected chi connectivity index (χ3v) is 3.31. The van der Waals surface area contributed by atoms with Crippen LogP contribution in [0.25, 0.3) is 0 Å². The van der Waals surface area contributed by atoms with E-state index in [4.69, 9.17) is 6.42 Å². The Morgan fingerprint density at radius 2 is 2.27 bits per heavy atom. The number of terminal acetylenes is 1. The quantitative estimate of drug-likeness (QED) is 0.692. The van der Waals surface area contributed by atoms with E-state index < -0.39 is 0 Å². The monoisotopic (exact) mass is 208 g/mol. The van der Waals surface area contributed by atoms with Crippen molar-refractivity contribution >= 4 is 0 Å². The van der Waals surface area contributed by atoms with Gasteiger partial charge in [0.25, 0.3) is 0 Å². The summed E-state index contributed by atoms with van der Waals surface area (Å²) in [6.07, 6.45) is 7.76. The molecule has 15 heavy (non-hydrogen) atoms. The SMILES string of the molecule is C#CC(CC)NCC1CCN(C(C)C)C1. The molecule has 0 aromatic heterocycles. The van der Waals surface area contributed by atoms with Gasteiger partial charge >= 0.3 is 0 Å². The normalized spacial score (nSPS) is 24.3. The summed E-state index contributed by atoms with van der Waals surface area (Å²) in [6.45, 7) is 10.2. The van der Waals surface area contributed by atoms with Gasteiger partial charge in [0.15, 0.2) is 0 Å². The van der Waals surface area contributed by atoms with Crippen LogP contribution in [-0.4, -0.2) is 36.6 Å². The van der Waals surface area contributed by atoms with Gasteiger partial charge in [0.2, 0.25) is 0 Å². The summed E-state index contributed by atoms with van der Waals surface area (Å²) in [5.41, 5.74) is 0. The first-order valence-corrected chi connectivity index (χ1v) is 6.11. The Kier molecular flexibility index (Phi) is 5.14. The predicted molar refractivity (Wildman–Crippen MR) is 65.7 cm³/mol. The van der Waals surface area contributed by atoms with Gasteiger partial charge in [0, 0.05) is 19.1 Å². The highest BCUT2D eigenvalue weighted by atomic mass is 15.2. The Bertz CT molecular complexity index is 217. The lowest BCUT2D eigenvalue weighted by atomic mass is 10.1. The van der Waals surface area contributed by atoms with Gasteiger partial charge in [0.1, 0.15) is 0 Å². The van der Waals surface area contributed by atoms with Crippen molar-refractivity contribution in [1.82, 2.24) is 10.2 Å². The maximum absolute atomic E-state index is 5.42. The Morgan fingerprint density at radius 1 is 1.53 bits per heavy atom. The molecule has 0 spiro atoms. The zero-order valence-electron chi connectivity index (χ0n) is 10.3. The van der Waals surface area contributed by atoms with E-state index in [1.54, 1.807) is 0 Å². The molecule has 1 heterocycles. The highest BCUT2D eigenvalue weighted by Crippen LogP contribution is 2.17. The summed E-state index contributed by atoms with van der Waals surface area (Å²) < 4.78 is 0. The van der Waals surface area contributed by atoms with Crippen LogP contribution in [0.5, 0.6) is 0 Å². The molecule has 2 atom stereocenters. The summed E-state index contributed by atoms with van der Waals surface area (Å²) in [6, 6.07) is 0.947. The Labute approximate surface area is 94.4 Å². The summed E-state index contributed by atoms with van der Waals surface area (Å²) in [4.78, 5) is 2.54. The fraction of sp³-hybridized carbons (Fsp3) is 0.846. The molecule has 0 radical (unpaired) electrons. The van der Waals surface area contributed by atoms with Gasteiger partial charge in [-0.3, -0.25) is 0 Å². The van der Waals surface area contributed by atoms with Gasteiger partial charge in [0.05, 0.1) is 6.04 Å².